The van der Waals surface area contributed by atoms with Crippen molar-refractivity contribution >= 4 is 24.3 Å². The van der Waals surface area contributed by atoms with Crippen LogP contribution in [-0.4, -0.2) is 33.1 Å². The van der Waals surface area contributed by atoms with E-state index in [0.29, 0.717) is 19.4 Å². The third kappa shape index (κ3) is 2.89. The fourth-order valence-corrected chi connectivity index (χ4v) is 1.40. The molecule has 0 saturated heterocycles. The van der Waals surface area contributed by atoms with E-state index in [1.54, 1.807) is 0 Å². The van der Waals surface area contributed by atoms with Gasteiger partial charge in [0.05, 0.1) is 5.41 Å². The number of carbonyl (C=O) groups excluding carboxylic acids is 1. The number of nitrogens with two attached hydrogens (primary N) is 1. The molecule has 8 heteroatoms. The lowest BCUT2D eigenvalue weighted by atomic mass is 9.81. The number of tetrazole rings is 1. The van der Waals surface area contributed by atoms with Crippen molar-refractivity contribution in [3.05, 3.63) is 0 Å². The highest BCUT2D eigenvalue weighted by Crippen LogP contribution is 2.25. The molecule has 0 unspecified atom stereocenters. The number of nitrogens with zero attached hydrogens (tertiary/aromatic N) is 3. The van der Waals surface area contributed by atoms with Crippen molar-refractivity contribution in [3.63, 3.8) is 0 Å². The van der Waals surface area contributed by atoms with Gasteiger partial charge in [-0.1, -0.05) is 18.9 Å². The summed E-state index contributed by atoms with van der Waals surface area (Å²) in [7, 11) is 0. The van der Waals surface area contributed by atoms with E-state index in [9.17, 15) is 4.79 Å². The predicted molar refractivity (Wildman–Crippen MR) is 62.1 cm³/mol. The monoisotopic (exact) mass is 248 g/mol. The number of halogens is 1. The summed E-state index contributed by atoms with van der Waals surface area (Å²) in [6, 6.07) is 0. The molecule has 0 aliphatic heterocycles. The molecule has 0 aliphatic carbocycles. The molecule has 0 aromatic carbocycles. The summed E-state index contributed by atoms with van der Waals surface area (Å²) in [4.78, 5) is 11.9. The molecule has 1 aromatic heterocycles. The van der Waals surface area contributed by atoms with E-state index in [1.165, 1.54) is 0 Å². The number of aromatic amines is 1. The zero-order valence-corrected chi connectivity index (χ0v) is 10.2. The number of anilines is 1. The van der Waals surface area contributed by atoms with E-state index in [-0.39, 0.29) is 24.3 Å². The zero-order valence-electron chi connectivity index (χ0n) is 9.36. The molecule has 0 radical (unpaired) electrons. The first kappa shape index (κ1) is 14.8. The van der Waals surface area contributed by atoms with Gasteiger partial charge in [0.1, 0.15) is 0 Å². The van der Waals surface area contributed by atoms with Crippen LogP contribution in [0, 0.1) is 5.41 Å². The standard InChI is InChI=1S/C8H16N6O.ClH/c1-3-8(4-2,5-9)6(15)10-7-11-13-14-12-7;/h3-5,9H2,1-2H3,(H2,10,11,12,13,14,15);1H. The number of nitrogens with one attached hydrogen (secondary N) is 2. The van der Waals surface area contributed by atoms with Gasteiger partial charge >= 0.3 is 0 Å². The molecule has 0 atom stereocenters. The minimum atomic E-state index is -0.541. The first-order valence-electron chi connectivity index (χ1n) is 4.93. The molecule has 0 saturated carbocycles. The zero-order chi connectivity index (χ0) is 11.3. The molecule has 4 N–H and O–H groups in total. The number of hydrogen-bond donors (Lipinski definition) is 3. The minimum Gasteiger partial charge on any atom is -0.329 e. The molecule has 1 aromatic rings. The van der Waals surface area contributed by atoms with Gasteiger partial charge in [0.15, 0.2) is 0 Å². The highest BCUT2D eigenvalue weighted by molar-refractivity contribution is 5.93. The number of rotatable bonds is 5. The molecule has 0 fully saturated rings. The first-order chi connectivity index (χ1) is 7.18. The van der Waals surface area contributed by atoms with Gasteiger partial charge < -0.3 is 5.73 Å². The van der Waals surface area contributed by atoms with Crippen LogP contribution in [0.4, 0.5) is 5.95 Å². The SMILES string of the molecule is CCC(CC)(CN)C(=O)Nc1nn[nH]n1.Cl. The Labute approximate surface area is 100.0 Å². The van der Waals surface area contributed by atoms with Crippen molar-refractivity contribution in [2.75, 3.05) is 11.9 Å². The Hall–Kier alpha value is -1.21. The maximum Gasteiger partial charge on any atom is 0.269 e. The van der Waals surface area contributed by atoms with E-state index in [1.807, 2.05) is 13.8 Å². The molecular weight excluding hydrogens is 232 g/mol. The lowest BCUT2D eigenvalue weighted by Gasteiger charge is -2.27. The van der Waals surface area contributed by atoms with E-state index >= 15 is 0 Å². The Kier molecular flexibility index (Phi) is 5.91. The highest BCUT2D eigenvalue weighted by atomic mass is 35.5. The molecule has 7 nitrogen and oxygen atoms in total. The van der Waals surface area contributed by atoms with Crippen LogP contribution in [0.2, 0.25) is 0 Å². The Balaban J connectivity index is 0.00000225. The fourth-order valence-electron chi connectivity index (χ4n) is 1.40. The number of aromatic nitrogens is 4. The summed E-state index contributed by atoms with van der Waals surface area (Å²) in [6.07, 6.45) is 1.37. The second-order valence-corrected chi connectivity index (χ2v) is 3.38. The smallest absolute Gasteiger partial charge is 0.269 e. The Morgan fingerprint density at radius 1 is 1.50 bits per heavy atom. The van der Waals surface area contributed by atoms with Crippen molar-refractivity contribution in [1.29, 1.82) is 0 Å². The Morgan fingerprint density at radius 3 is 2.50 bits per heavy atom. The van der Waals surface area contributed by atoms with E-state index in [4.69, 9.17) is 5.73 Å². The van der Waals surface area contributed by atoms with Crippen LogP contribution in [-0.2, 0) is 4.79 Å². The van der Waals surface area contributed by atoms with Crippen LogP contribution >= 0.6 is 12.4 Å². The van der Waals surface area contributed by atoms with Gasteiger partial charge in [0, 0.05) is 6.54 Å². The number of hydrogen-bond acceptors (Lipinski definition) is 5. The number of carbonyl (C=O) groups is 1. The van der Waals surface area contributed by atoms with Crippen molar-refractivity contribution < 1.29 is 4.79 Å². The molecule has 1 heterocycles. The summed E-state index contributed by atoms with van der Waals surface area (Å²) in [6.45, 7) is 4.18. The maximum absolute atomic E-state index is 11.9. The van der Waals surface area contributed by atoms with Gasteiger partial charge in [-0.15, -0.1) is 17.5 Å². The van der Waals surface area contributed by atoms with Crippen LogP contribution < -0.4 is 11.1 Å². The van der Waals surface area contributed by atoms with Gasteiger partial charge in [-0.3, -0.25) is 10.1 Å². The van der Waals surface area contributed by atoms with Gasteiger partial charge in [0.2, 0.25) is 5.91 Å². The van der Waals surface area contributed by atoms with E-state index in [0.717, 1.165) is 0 Å². The molecule has 16 heavy (non-hydrogen) atoms. The largest absolute Gasteiger partial charge is 0.329 e. The molecule has 1 amide bonds. The summed E-state index contributed by atoms with van der Waals surface area (Å²) in [5, 5.41) is 15.5. The predicted octanol–water partition coefficient (Wildman–Crippen LogP) is 0.325. The topological polar surface area (TPSA) is 110 Å². The maximum atomic E-state index is 11.9. The molecule has 92 valence electrons. The van der Waals surface area contributed by atoms with Crippen LogP contribution in [0.1, 0.15) is 26.7 Å². The van der Waals surface area contributed by atoms with Crippen LogP contribution in [0.25, 0.3) is 0 Å². The average molecular weight is 249 g/mol. The number of H-pyrrole nitrogens is 1. The quantitative estimate of drug-likeness (QED) is 0.695. The van der Waals surface area contributed by atoms with Crippen LogP contribution in [0.5, 0.6) is 0 Å². The second-order valence-electron chi connectivity index (χ2n) is 3.38. The second kappa shape index (κ2) is 6.39. The highest BCUT2D eigenvalue weighted by Gasteiger charge is 2.33. The fraction of sp³-hybridized carbons (Fsp3) is 0.750. The van der Waals surface area contributed by atoms with Crippen molar-refractivity contribution in [1.82, 2.24) is 20.6 Å². The molecular formula is C8H17ClN6O. The van der Waals surface area contributed by atoms with Gasteiger partial charge in [0.25, 0.3) is 5.95 Å². The van der Waals surface area contributed by atoms with Gasteiger partial charge in [-0.2, -0.15) is 5.21 Å². The van der Waals surface area contributed by atoms with Crippen LogP contribution in [0.3, 0.4) is 0 Å². The normalized spacial score (nSPS) is 10.7. The third-order valence-electron chi connectivity index (χ3n) is 2.80. The van der Waals surface area contributed by atoms with Crippen LogP contribution in [0.15, 0.2) is 0 Å². The van der Waals surface area contributed by atoms with E-state index < -0.39 is 5.41 Å². The summed E-state index contributed by atoms with van der Waals surface area (Å²) >= 11 is 0. The van der Waals surface area contributed by atoms with Gasteiger partial charge in [-0.25, -0.2) is 0 Å². The molecule has 0 spiro atoms. The average Bonchev–Trinajstić information content (AvgIpc) is 2.74. The third-order valence-corrected chi connectivity index (χ3v) is 2.80. The molecule has 0 aliphatic rings. The Morgan fingerprint density at radius 2 is 2.12 bits per heavy atom. The van der Waals surface area contributed by atoms with Crippen molar-refractivity contribution in [2.45, 2.75) is 26.7 Å². The van der Waals surface area contributed by atoms with Gasteiger partial charge in [-0.05, 0) is 18.1 Å². The van der Waals surface area contributed by atoms with E-state index in [2.05, 4.69) is 25.9 Å². The lowest BCUT2D eigenvalue weighted by Crippen LogP contribution is -2.41. The summed E-state index contributed by atoms with van der Waals surface area (Å²) < 4.78 is 0. The van der Waals surface area contributed by atoms with Crippen molar-refractivity contribution in [2.24, 2.45) is 11.1 Å². The molecule has 1 rings (SSSR count). The minimum absolute atomic E-state index is 0. The lowest BCUT2D eigenvalue weighted by molar-refractivity contribution is -0.125. The number of amides is 1. The summed E-state index contributed by atoms with van der Waals surface area (Å²) in [5.74, 6) is 0.0242. The summed E-state index contributed by atoms with van der Waals surface area (Å²) in [5.41, 5.74) is 5.09. The molecule has 0 bridgehead atoms. The van der Waals surface area contributed by atoms with Crippen molar-refractivity contribution in [3.8, 4) is 0 Å². The Bertz CT molecular complexity index is 302. The first-order valence-corrected chi connectivity index (χ1v) is 4.93.